The van der Waals surface area contributed by atoms with Crippen LogP contribution in [-0.4, -0.2) is 5.78 Å². The van der Waals surface area contributed by atoms with Gasteiger partial charge in [-0.05, 0) is 35.0 Å². The van der Waals surface area contributed by atoms with Gasteiger partial charge in [-0.1, -0.05) is 11.6 Å². The van der Waals surface area contributed by atoms with E-state index in [2.05, 4.69) is 15.9 Å². The standard InChI is InChI=1S/C8H7BrClNO/c1-4(12)5-2-3-6(10)8(11)7(5)9/h2-3H,11H2,1H3. The van der Waals surface area contributed by atoms with Crippen LogP contribution in [0, 0.1) is 0 Å². The second kappa shape index (κ2) is 3.46. The molecule has 2 nitrogen and oxygen atoms in total. The number of Topliss-reactive ketones (excluding diaryl/α,β-unsaturated/α-hetero) is 1. The van der Waals surface area contributed by atoms with E-state index in [1.165, 1.54) is 6.92 Å². The van der Waals surface area contributed by atoms with E-state index >= 15 is 0 Å². The van der Waals surface area contributed by atoms with Crippen LogP contribution in [0.4, 0.5) is 5.69 Å². The zero-order chi connectivity index (χ0) is 9.30. The zero-order valence-electron chi connectivity index (χ0n) is 6.40. The van der Waals surface area contributed by atoms with Gasteiger partial charge < -0.3 is 5.73 Å². The third-order valence-corrected chi connectivity index (χ3v) is 2.69. The summed E-state index contributed by atoms with van der Waals surface area (Å²) in [5.41, 5.74) is 6.55. The van der Waals surface area contributed by atoms with Crippen molar-refractivity contribution in [3.8, 4) is 0 Å². The molecule has 0 aliphatic heterocycles. The lowest BCUT2D eigenvalue weighted by Gasteiger charge is -2.04. The summed E-state index contributed by atoms with van der Waals surface area (Å²) < 4.78 is 0.572. The lowest BCUT2D eigenvalue weighted by molar-refractivity contribution is 0.101. The summed E-state index contributed by atoms with van der Waals surface area (Å²) >= 11 is 8.93. The van der Waals surface area contributed by atoms with E-state index in [0.29, 0.717) is 20.7 Å². The number of ketones is 1. The van der Waals surface area contributed by atoms with E-state index in [-0.39, 0.29) is 5.78 Å². The third kappa shape index (κ3) is 1.62. The first-order chi connectivity index (χ1) is 5.54. The molecule has 4 heteroatoms. The van der Waals surface area contributed by atoms with Gasteiger partial charge in [0, 0.05) is 5.56 Å². The zero-order valence-corrected chi connectivity index (χ0v) is 8.74. The Hall–Kier alpha value is -0.540. The van der Waals surface area contributed by atoms with Crippen LogP contribution in [0.5, 0.6) is 0 Å². The van der Waals surface area contributed by atoms with E-state index in [0.717, 1.165) is 0 Å². The number of rotatable bonds is 1. The molecule has 0 fully saturated rings. The summed E-state index contributed by atoms with van der Waals surface area (Å²) in [6.07, 6.45) is 0. The van der Waals surface area contributed by atoms with E-state index in [1.54, 1.807) is 12.1 Å². The molecule has 0 atom stereocenters. The summed E-state index contributed by atoms with van der Waals surface area (Å²) in [7, 11) is 0. The highest BCUT2D eigenvalue weighted by Crippen LogP contribution is 2.30. The van der Waals surface area contributed by atoms with Crippen molar-refractivity contribution >= 4 is 39.0 Å². The van der Waals surface area contributed by atoms with Crippen molar-refractivity contribution < 1.29 is 4.79 Å². The van der Waals surface area contributed by atoms with E-state index in [4.69, 9.17) is 17.3 Å². The highest BCUT2D eigenvalue weighted by Gasteiger charge is 2.09. The normalized spacial score (nSPS) is 9.92. The molecule has 0 amide bonds. The average molecular weight is 249 g/mol. The molecule has 0 radical (unpaired) electrons. The molecule has 1 rings (SSSR count). The Morgan fingerprint density at radius 2 is 2.17 bits per heavy atom. The number of anilines is 1. The minimum absolute atomic E-state index is 0.0368. The van der Waals surface area contributed by atoms with Gasteiger partial charge >= 0.3 is 0 Å². The molecule has 0 spiro atoms. The maximum atomic E-state index is 11.0. The average Bonchev–Trinajstić information content (AvgIpc) is 2.00. The van der Waals surface area contributed by atoms with E-state index in [1.807, 2.05) is 0 Å². The molecular weight excluding hydrogens is 241 g/mol. The molecule has 0 aliphatic rings. The van der Waals surface area contributed by atoms with Crippen LogP contribution in [0.15, 0.2) is 16.6 Å². The lowest BCUT2D eigenvalue weighted by atomic mass is 10.1. The quantitative estimate of drug-likeness (QED) is 0.613. The van der Waals surface area contributed by atoms with Crippen molar-refractivity contribution in [2.24, 2.45) is 0 Å². The summed E-state index contributed by atoms with van der Waals surface area (Å²) in [5, 5.41) is 0.451. The van der Waals surface area contributed by atoms with Crippen molar-refractivity contribution in [2.45, 2.75) is 6.92 Å². The predicted octanol–water partition coefficient (Wildman–Crippen LogP) is 2.89. The second-order valence-corrected chi connectivity index (χ2v) is 3.58. The number of carbonyl (C=O) groups excluding carboxylic acids is 1. The van der Waals surface area contributed by atoms with Crippen molar-refractivity contribution in [3.05, 3.63) is 27.2 Å². The van der Waals surface area contributed by atoms with Crippen LogP contribution < -0.4 is 5.73 Å². The number of carbonyl (C=O) groups is 1. The van der Waals surface area contributed by atoms with Crippen molar-refractivity contribution in [1.29, 1.82) is 0 Å². The summed E-state index contributed by atoms with van der Waals surface area (Å²) in [4.78, 5) is 11.0. The first kappa shape index (κ1) is 9.55. The molecule has 0 saturated carbocycles. The van der Waals surface area contributed by atoms with E-state index < -0.39 is 0 Å². The van der Waals surface area contributed by atoms with Gasteiger partial charge in [-0.2, -0.15) is 0 Å². The Balaban J connectivity index is 3.36. The predicted molar refractivity (Wildman–Crippen MR) is 53.6 cm³/mol. The van der Waals surface area contributed by atoms with Gasteiger partial charge in [-0.3, -0.25) is 4.79 Å². The molecule has 12 heavy (non-hydrogen) atoms. The third-order valence-electron chi connectivity index (χ3n) is 1.51. The van der Waals surface area contributed by atoms with Crippen molar-refractivity contribution in [1.82, 2.24) is 0 Å². The Bertz CT molecular complexity index is 338. The first-order valence-electron chi connectivity index (χ1n) is 3.28. The Labute approximate surface area is 83.8 Å². The first-order valence-corrected chi connectivity index (χ1v) is 4.45. The highest BCUT2D eigenvalue weighted by atomic mass is 79.9. The maximum absolute atomic E-state index is 11.0. The molecule has 0 heterocycles. The summed E-state index contributed by atoms with van der Waals surface area (Å²) in [5.74, 6) is -0.0368. The molecular formula is C8H7BrClNO. The molecule has 64 valence electrons. The highest BCUT2D eigenvalue weighted by molar-refractivity contribution is 9.10. The van der Waals surface area contributed by atoms with Crippen LogP contribution in [0.3, 0.4) is 0 Å². The van der Waals surface area contributed by atoms with Crippen LogP contribution in [0.1, 0.15) is 17.3 Å². The number of halogens is 2. The van der Waals surface area contributed by atoms with Crippen molar-refractivity contribution in [2.75, 3.05) is 5.73 Å². The van der Waals surface area contributed by atoms with Gasteiger partial charge in [-0.15, -0.1) is 0 Å². The monoisotopic (exact) mass is 247 g/mol. The molecule has 0 unspecified atom stereocenters. The number of benzene rings is 1. The van der Waals surface area contributed by atoms with Crippen LogP contribution in [-0.2, 0) is 0 Å². The van der Waals surface area contributed by atoms with Crippen LogP contribution in [0.25, 0.3) is 0 Å². The van der Waals surface area contributed by atoms with Crippen LogP contribution >= 0.6 is 27.5 Å². The fraction of sp³-hybridized carbons (Fsp3) is 0.125. The molecule has 0 aliphatic carbocycles. The fourth-order valence-corrected chi connectivity index (χ4v) is 1.74. The molecule has 0 aromatic heterocycles. The maximum Gasteiger partial charge on any atom is 0.161 e. The van der Waals surface area contributed by atoms with Gasteiger partial charge in [0.15, 0.2) is 5.78 Å². The van der Waals surface area contributed by atoms with Crippen LogP contribution in [0.2, 0.25) is 5.02 Å². The van der Waals surface area contributed by atoms with E-state index in [9.17, 15) is 4.79 Å². The summed E-state index contributed by atoms with van der Waals surface area (Å²) in [6, 6.07) is 3.25. The number of hydrogen-bond acceptors (Lipinski definition) is 2. The molecule has 0 saturated heterocycles. The number of nitrogens with two attached hydrogens (primary N) is 1. The minimum Gasteiger partial charge on any atom is -0.397 e. The smallest absolute Gasteiger partial charge is 0.161 e. The number of hydrogen-bond donors (Lipinski definition) is 1. The fourth-order valence-electron chi connectivity index (χ4n) is 0.841. The Morgan fingerprint density at radius 1 is 1.58 bits per heavy atom. The van der Waals surface area contributed by atoms with Crippen molar-refractivity contribution in [3.63, 3.8) is 0 Å². The molecule has 2 N–H and O–H groups in total. The molecule has 0 bridgehead atoms. The van der Waals surface area contributed by atoms with Gasteiger partial charge in [0.05, 0.1) is 15.2 Å². The SMILES string of the molecule is CC(=O)c1ccc(Cl)c(N)c1Br. The summed E-state index contributed by atoms with van der Waals surface area (Å²) in [6.45, 7) is 1.48. The minimum atomic E-state index is -0.0368. The van der Waals surface area contributed by atoms with Gasteiger partial charge in [0.25, 0.3) is 0 Å². The van der Waals surface area contributed by atoms with Gasteiger partial charge in [-0.25, -0.2) is 0 Å². The van der Waals surface area contributed by atoms with Gasteiger partial charge in [0.1, 0.15) is 0 Å². The Morgan fingerprint density at radius 3 is 2.67 bits per heavy atom. The molecule has 1 aromatic carbocycles. The number of nitrogen functional groups attached to an aromatic ring is 1. The Kier molecular flexibility index (Phi) is 2.75. The topological polar surface area (TPSA) is 43.1 Å². The largest absolute Gasteiger partial charge is 0.397 e. The lowest BCUT2D eigenvalue weighted by Crippen LogP contribution is -1.97. The second-order valence-electron chi connectivity index (χ2n) is 2.38. The molecule has 1 aromatic rings. The van der Waals surface area contributed by atoms with Gasteiger partial charge in [0.2, 0.25) is 0 Å².